The highest BCUT2D eigenvalue weighted by Crippen LogP contribution is 2.31. The first kappa shape index (κ1) is 13.9. The van der Waals surface area contributed by atoms with Gasteiger partial charge in [0.2, 0.25) is 0 Å². The quantitative estimate of drug-likeness (QED) is 0.832. The van der Waals surface area contributed by atoms with Crippen LogP contribution in [-0.2, 0) is 0 Å². The van der Waals surface area contributed by atoms with Gasteiger partial charge in [0.25, 0.3) is 0 Å². The molecule has 0 saturated carbocycles. The van der Waals surface area contributed by atoms with Gasteiger partial charge in [-0.1, -0.05) is 36.2 Å². The molecule has 0 aliphatic rings. The van der Waals surface area contributed by atoms with Crippen molar-refractivity contribution >= 4 is 34.5 Å². The van der Waals surface area contributed by atoms with E-state index in [2.05, 4.69) is 31.3 Å². The van der Waals surface area contributed by atoms with Crippen LogP contribution in [0.2, 0.25) is 10.0 Å². The zero-order valence-electron chi connectivity index (χ0n) is 10.3. The summed E-state index contributed by atoms with van der Waals surface area (Å²) >= 11 is 13.9. The fourth-order valence-electron chi connectivity index (χ4n) is 1.89. The van der Waals surface area contributed by atoms with Crippen LogP contribution in [0.15, 0.2) is 30.3 Å². The number of rotatable bonds is 4. The number of hydrogen-bond donors (Lipinski definition) is 1. The minimum atomic E-state index is 0.184. The highest BCUT2D eigenvalue weighted by molar-refractivity contribution is 7.12. The van der Waals surface area contributed by atoms with Gasteiger partial charge in [-0.05, 0) is 43.3 Å². The van der Waals surface area contributed by atoms with Crippen LogP contribution in [0.5, 0.6) is 0 Å². The molecule has 1 nitrogen and oxygen atoms in total. The van der Waals surface area contributed by atoms with Crippen LogP contribution in [-0.4, -0.2) is 6.54 Å². The van der Waals surface area contributed by atoms with Crippen molar-refractivity contribution in [2.45, 2.75) is 19.9 Å². The second kappa shape index (κ2) is 6.07. The number of nitrogens with one attached hydrogen (secondary N) is 1. The molecule has 2 rings (SSSR count). The van der Waals surface area contributed by atoms with Crippen molar-refractivity contribution in [3.8, 4) is 0 Å². The van der Waals surface area contributed by atoms with Gasteiger partial charge in [0.15, 0.2) is 0 Å². The van der Waals surface area contributed by atoms with Crippen LogP contribution in [0.3, 0.4) is 0 Å². The third-order valence-electron chi connectivity index (χ3n) is 2.73. The van der Waals surface area contributed by atoms with Crippen LogP contribution in [0.4, 0.5) is 0 Å². The van der Waals surface area contributed by atoms with Crippen molar-refractivity contribution in [2.75, 3.05) is 6.54 Å². The summed E-state index contributed by atoms with van der Waals surface area (Å²) in [5.41, 5.74) is 1.15. The molecule has 1 unspecified atom stereocenters. The first-order valence-corrected chi connectivity index (χ1v) is 7.43. The van der Waals surface area contributed by atoms with Crippen LogP contribution in [0.25, 0.3) is 0 Å². The average molecular weight is 300 g/mol. The Morgan fingerprint density at radius 1 is 1.17 bits per heavy atom. The van der Waals surface area contributed by atoms with Crippen LogP contribution < -0.4 is 5.32 Å². The standard InChI is InChI=1S/C14H15Cl2NS/c1-3-17-14(13-7-4-9(2)18-13)10-5-6-11(15)12(16)8-10/h4-8,14,17H,3H2,1-2H3. The second-order valence-corrected chi connectivity index (χ2v) is 6.25. The van der Waals surface area contributed by atoms with E-state index >= 15 is 0 Å². The van der Waals surface area contributed by atoms with E-state index in [1.807, 2.05) is 18.2 Å². The zero-order chi connectivity index (χ0) is 13.1. The van der Waals surface area contributed by atoms with Crippen molar-refractivity contribution in [3.05, 3.63) is 55.7 Å². The molecule has 0 spiro atoms. The SMILES string of the molecule is CCNC(c1ccc(Cl)c(Cl)c1)c1ccc(C)s1. The fraction of sp³-hybridized carbons (Fsp3) is 0.286. The molecule has 0 saturated heterocycles. The van der Waals surface area contributed by atoms with Crippen LogP contribution in [0, 0.1) is 6.92 Å². The van der Waals surface area contributed by atoms with E-state index in [-0.39, 0.29) is 6.04 Å². The maximum atomic E-state index is 6.09. The third kappa shape index (κ3) is 3.07. The molecule has 1 atom stereocenters. The summed E-state index contributed by atoms with van der Waals surface area (Å²) in [6.07, 6.45) is 0. The van der Waals surface area contributed by atoms with E-state index in [0.29, 0.717) is 10.0 Å². The minimum absolute atomic E-state index is 0.184. The molecule has 1 N–H and O–H groups in total. The molecule has 0 amide bonds. The predicted molar refractivity (Wildman–Crippen MR) is 81.0 cm³/mol. The smallest absolute Gasteiger partial charge is 0.0671 e. The maximum Gasteiger partial charge on any atom is 0.0671 e. The Morgan fingerprint density at radius 2 is 1.94 bits per heavy atom. The molecule has 96 valence electrons. The summed E-state index contributed by atoms with van der Waals surface area (Å²) in [5.74, 6) is 0. The molecule has 1 aromatic carbocycles. The van der Waals surface area contributed by atoms with Gasteiger partial charge in [-0.3, -0.25) is 0 Å². The Balaban J connectivity index is 2.37. The van der Waals surface area contributed by atoms with Crippen molar-refractivity contribution in [3.63, 3.8) is 0 Å². The van der Waals surface area contributed by atoms with Crippen molar-refractivity contribution in [1.29, 1.82) is 0 Å². The van der Waals surface area contributed by atoms with Gasteiger partial charge in [0, 0.05) is 9.75 Å². The molecule has 0 radical (unpaired) electrons. The first-order valence-electron chi connectivity index (χ1n) is 5.86. The summed E-state index contributed by atoms with van der Waals surface area (Å²) < 4.78 is 0. The maximum absolute atomic E-state index is 6.09. The lowest BCUT2D eigenvalue weighted by atomic mass is 10.1. The van der Waals surface area contributed by atoms with Crippen LogP contribution >= 0.6 is 34.5 Å². The lowest BCUT2D eigenvalue weighted by molar-refractivity contribution is 0.640. The van der Waals surface area contributed by atoms with E-state index in [0.717, 1.165) is 12.1 Å². The Morgan fingerprint density at radius 3 is 2.50 bits per heavy atom. The number of halogens is 2. The molecule has 2 aromatic rings. The molecule has 4 heteroatoms. The fourth-order valence-corrected chi connectivity index (χ4v) is 3.18. The van der Waals surface area contributed by atoms with E-state index in [1.54, 1.807) is 11.3 Å². The average Bonchev–Trinajstić information content (AvgIpc) is 2.76. The molecule has 1 aromatic heterocycles. The minimum Gasteiger partial charge on any atom is -0.306 e. The Hall–Kier alpha value is -0.540. The first-order chi connectivity index (χ1) is 8.61. The van der Waals surface area contributed by atoms with E-state index < -0.39 is 0 Å². The lowest BCUT2D eigenvalue weighted by Gasteiger charge is -2.17. The molecule has 0 aliphatic heterocycles. The topological polar surface area (TPSA) is 12.0 Å². The monoisotopic (exact) mass is 299 g/mol. The van der Waals surface area contributed by atoms with Gasteiger partial charge in [0.1, 0.15) is 0 Å². The highest BCUT2D eigenvalue weighted by atomic mass is 35.5. The van der Waals surface area contributed by atoms with Gasteiger partial charge in [-0.2, -0.15) is 0 Å². The molecular weight excluding hydrogens is 285 g/mol. The van der Waals surface area contributed by atoms with Gasteiger partial charge in [-0.15, -0.1) is 11.3 Å². The predicted octanol–water partition coefficient (Wildman–Crippen LogP) is 5.06. The number of benzene rings is 1. The van der Waals surface area contributed by atoms with E-state index in [9.17, 15) is 0 Å². The number of thiophene rings is 1. The normalized spacial score (nSPS) is 12.7. The van der Waals surface area contributed by atoms with Gasteiger partial charge in [-0.25, -0.2) is 0 Å². The van der Waals surface area contributed by atoms with E-state index in [4.69, 9.17) is 23.2 Å². The molecule has 0 fully saturated rings. The summed E-state index contributed by atoms with van der Waals surface area (Å²) in [7, 11) is 0. The van der Waals surface area contributed by atoms with E-state index in [1.165, 1.54) is 9.75 Å². The van der Waals surface area contributed by atoms with Crippen molar-refractivity contribution in [2.24, 2.45) is 0 Å². The van der Waals surface area contributed by atoms with Gasteiger partial charge in [0.05, 0.1) is 16.1 Å². The van der Waals surface area contributed by atoms with Crippen LogP contribution in [0.1, 0.15) is 28.3 Å². The lowest BCUT2D eigenvalue weighted by Crippen LogP contribution is -2.21. The van der Waals surface area contributed by atoms with Crippen molar-refractivity contribution in [1.82, 2.24) is 5.32 Å². The highest BCUT2D eigenvalue weighted by Gasteiger charge is 2.15. The third-order valence-corrected chi connectivity index (χ3v) is 4.54. The zero-order valence-corrected chi connectivity index (χ0v) is 12.7. The molecule has 1 heterocycles. The molecule has 18 heavy (non-hydrogen) atoms. The molecular formula is C14H15Cl2NS. The largest absolute Gasteiger partial charge is 0.306 e. The molecule has 0 bridgehead atoms. The van der Waals surface area contributed by atoms with Crippen molar-refractivity contribution < 1.29 is 0 Å². The Kier molecular flexibility index (Phi) is 4.68. The summed E-state index contributed by atoms with van der Waals surface area (Å²) in [4.78, 5) is 2.61. The summed E-state index contributed by atoms with van der Waals surface area (Å²) in [5, 5.41) is 4.68. The Labute approximate surface area is 122 Å². The number of hydrogen-bond acceptors (Lipinski definition) is 2. The summed E-state index contributed by atoms with van der Waals surface area (Å²) in [6.45, 7) is 5.12. The summed E-state index contributed by atoms with van der Waals surface area (Å²) in [6, 6.07) is 10.3. The second-order valence-electron chi connectivity index (χ2n) is 4.11. The molecule has 0 aliphatic carbocycles. The number of aryl methyl sites for hydroxylation is 1. The Bertz CT molecular complexity index is 536. The van der Waals surface area contributed by atoms with Gasteiger partial charge < -0.3 is 5.32 Å². The van der Waals surface area contributed by atoms with Gasteiger partial charge >= 0.3 is 0 Å².